The van der Waals surface area contributed by atoms with Crippen LogP contribution in [0.2, 0.25) is 5.02 Å². The fourth-order valence-corrected chi connectivity index (χ4v) is 1.85. The maximum Gasteiger partial charge on any atom is 0.208 e. The Bertz CT molecular complexity index is 542. The highest BCUT2D eigenvalue weighted by molar-refractivity contribution is 6.30. The van der Waals surface area contributed by atoms with E-state index in [0.717, 1.165) is 12.2 Å². The number of nitrogens with zero attached hydrogens (tertiary/aromatic N) is 1. The van der Waals surface area contributed by atoms with Gasteiger partial charge >= 0.3 is 0 Å². The molecule has 0 saturated carbocycles. The van der Waals surface area contributed by atoms with Crippen LogP contribution in [0.15, 0.2) is 34.9 Å². The van der Waals surface area contributed by atoms with Gasteiger partial charge in [0, 0.05) is 18.0 Å². The molecule has 2 N–H and O–H groups in total. The second kappa shape index (κ2) is 8.02. The lowest BCUT2D eigenvalue weighted by molar-refractivity contribution is 0.105. The molecule has 0 spiro atoms. The summed E-state index contributed by atoms with van der Waals surface area (Å²) in [5.41, 5.74) is 0. The lowest BCUT2D eigenvalue weighted by Gasteiger charge is -2.12. The summed E-state index contributed by atoms with van der Waals surface area (Å²) in [5.74, 6) is 2.16. The van der Waals surface area contributed by atoms with E-state index in [1.54, 1.807) is 30.5 Å². The minimum atomic E-state index is -0.610. The number of rotatable bonds is 8. The number of aryl methyl sites for hydroxylation is 1. The maximum atomic E-state index is 9.83. The normalized spacial score (nSPS) is 12.3. The molecule has 0 aliphatic carbocycles. The molecule has 0 bridgehead atoms. The Kier molecular flexibility index (Phi) is 6.04. The summed E-state index contributed by atoms with van der Waals surface area (Å²) in [4.78, 5) is 4.13. The first-order valence-corrected chi connectivity index (χ1v) is 7.26. The van der Waals surface area contributed by atoms with Crippen molar-refractivity contribution in [1.29, 1.82) is 0 Å². The molecule has 1 heterocycles. The first-order chi connectivity index (χ1) is 10.2. The van der Waals surface area contributed by atoms with Crippen LogP contribution in [0.3, 0.4) is 0 Å². The van der Waals surface area contributed by atoms with Crippen molar-refractivity contribution < 1.29 is 14.3 Å². The molecule has 1 atom stereocenters. The number of nitrogens with one attached hydrogen (secondary N) is 1. The van der Waals surface area contributed by atoms with Crippen LogP contribution in [-0.2, 0) is 13.0 Å². The number of hydrogen-bond donors (Lipinski definition) is 2. The molecule has 114 valence electrons. The molecule has 0 fully saturated rings. The van der Waals surface area contributed by atoms with Gasteiger partial charge in [-0.25, -0.2) is 4.98 Å². The lowest BCUT2D eigenvalue weighted by atomic mass is 10.3. The second-order valence-corrected chi connectivity index (χ2v) is 5.06. The smallest absolute Gasteiger partial charge is 0.208 e. The number of oxazole rings is 1. The average Bonchev–Trinajstić information content (AvgIpc) is 2.95. The molecular formula is C15H19ClN2O3. The van der Waals surface area contributed by atoms with Crippen LogP contribution in [0, 0.1) is 0 Å². The van der Waals surface area contributed by atoms with Gasteiger partial charge in [0.2, 0.25) is 5.89 Å². The van der Waals surface area contributed by atoms with Crippen LogP contribution in [0.5, 0.6) is 5.75 Å². The van der Waals surface area contributed by atoms with Crippen LogP contribution in [-0.4, -0.2) is 29.3 Å². The van der Waals surface area contributed by atoms with Crippen LogP contribution in [0.1, 0.15) is 18.6 Å². The van der Waals surface area contributed by atoms with Crippen molar-refractivity contribution in [2.24, 2.45) is 0 Å². The van der Waals surface area contributed by atoms with Gasteiger partial charge in [-0.05, 0) is 24.3 Å². The van der Waals surface area contributed by atoms with Gasteiger partial charge in [-0.3, -0.25) is 0 Å². The predicted octanol–water partition coefficient (Wildman–Crippen LogP) is 2.42. The van der Waals surface area contributed by atoms with Crippen molar-refractivity contribution in [1.82, 2.24) is 10.3 Å². The topological polar surface area (TPSA) is 67.5 Å². The number of ether oxygens (including phenoxy) is 1. The van der Waals surface area contributed by atoms with Crippen LogP contribution in [0.4, 0.5) is 0 Å². The van der Waals surface area contributed by atoms with Gasteiger partial charge in [-0.1, -0.05) is 18.5 Å². The van der Waals surface area contributed by atoms with Crippen LogP contribution in [0.25, 0.3) is 0 Å². The first-order valence-electron chi connectivity index (χ1n) is 6.88. The van der Waals surface area contributed by atoms with E-state index in [9.17, 15) is 5.11 Å². The van der Waals surface area contributed by atoms with E-state index in [1.165, 1.54) is 0 Å². The summed E-state index contributed by atoms with van der Waals surface area (Å²) in [5, 5.41) is 13.6. The first kappa shape index (κ1) is 15.8. The average molecular weight is 311 g/mol. The Morgan fingerprint density at radius 3 is 2.81 bits per heavy atom. The Morgan fingerprint density at radius 2 is 2.14 bits per heavy atom. The maximum absolute atomic E-state index is 9.83. The molecule has 2 rings (SSSR count). The van der Waals surface area contributed by atoms with Crippen molar-refractivity contribution in [3.8, 4) is 5.75 Å². The van der Waals surface area contributed by atoms with Crippen molar-refractivity contribution >= 4 is 11.6 Å². The zero-order valence-corrected chi connectivity index (χ0v) is 12.6. The third-order valence-corrected chi connectivity index (χ3v) is 3.11. The Balaban J connectivity index is 1.65. The number of halogens is 1. The molecule has 2 aromatic rings. The van der Waals surface area contributed by atoms with Crippen molar-refractivity contribution in [2.45, 2.75) is 26.0 Å². The standard InChI is InChI=1S/C15H19ClN2O3/c1-2-13-8-18-15(21-13)9-17-7-12(19)10-20-14-5-3-11(16)4-6-14/h3-6,8,12,17,19H,2,7,9-10H2,1H3. The largest absolute Gasteiger partial charge is 0.491 e. The highest BCUT2D eigenvalue weighted by Crippen LogP contribution is 2.15. The number of aliphatic hydroxyl groups excluding tert-OH is 1. The second-order valence-electron chi connectivity index (χ2n) is 4.62. The number of aromatic nitrogens is 1. The van der Waals surface area contributed by atoms with Gasteiger partial charge in [-0.15, -0.1) is 0 Å². The van der Waals surface area contributed by atoms with Crippen LogP contribution >= 0.6 is 11.6 Å². The van der Waals surface area contributed by atoms with E-state index in [2.05, 4.69) is 10.3 Å². The summed E-state index contributed by atoms with van der Waals surface area (Å²) >= 11 is 5.78. The molecule has 5 nitrogen and oxygen atoms in total. The SMILES string of the molecule is CCc1cnc(CNCC(O)COc2ccc(Cl)cc2)o1. The summed E-state index contributed by atoms with van der Waals surface area (Å²) in [7, 11) is 0. The van der Waals surface area contributed by atoms with Crippen molar-refractivity contribution in [3.63, 3.8) is 0 Å². The predicted molar refractivity (Wildman–Crippen MR) is 80.5 cm³/mol. The number of aliphatic hydroxyl groups is 1. The van der Waals surface area contributed by atoms with Gasteiger partial charge < -0.3 is 19.6 Å². The molecule has 0 radical (unpaired) electrons. The number of benzene rings is 1. The molecule has 0 aliphatic heterocycles. The van der Waals surface area contributed by atoms with E-state index in [4.69, 9.17) is 20.8 Å². The summed E-state index contributed by atoms with van der Waals surface area (Å²) in [6.07, 6.45) is 1.93. The van der Waals surface area contributed by atoms with Gasteiger partial charge in [0.15, 0.2) is 0 Å². The van der Waals surface area contributed by atoms with E-state index in [0.29, 0.717) is 29.8 Å². The zero-order valence-electron chi connectivity index (χ0n) is 11.9. The summed E-state index contributed by atoms with van der Waals surface area (Å²) in [6, 6.07) is 7.02. The summed E-state index contributed by atoms with van der Waals surface area (Å²) < 4.78 is 10.9. The minimum Gasteiger partial charge on any atom is -0.491 e. The van der Waals surface area contributed by atoms with E-state index in [1.807, 2.05) is 6.92 Å². The molecule has 0 aliphatic rings. The third kappa shape index (κ3) is 5.38. The fraction of sp³-hybridized carbons (Fsp3) is 0.400. The molecule has 1 aromatic heterocycles. The lowest BCUT2D eigenvalue weighted by Crippen LogP contribution is -2.31. The third-order valence-electron chi connectivity index (χ3n) is 2.86. The van der Waals surface area contributed by atoms with E-state index in [-0.39, 0.29) is 6.61 Å². The minimum absolute atomic E-state index is 0.209. The van der Waals surface area contributed by atoms with E-state index < -0.39 is 6.10 Å². The molecule has 0 saturated heterocycles. The molecule has 21 heavy (non-hydrogen) atoms. The number of hydrogen-bond acceptors (Lipinski definition) is 5. The highest BCUT2D eigenvalue weighted by Gasteiger charge is 2.07. The van der Waals surface area contributed by atoms with Gasteiger partial charge in [0.1, 0.15) is 24.2 Å². The molecule has 6 heteroatoms. The van der Waals surface area contributed by atoms with Gasteiger partial charge in [-0.2, -0.15) is 0 Å². The fourth-order valence-electron chi connectivity index (χ4n) is 1.72. The quantitative estimate of drug-likeness (QED) is 0.784. The molecule has 1 unspecified atom stereocenters. The monoisotopic (exact) mass is 310 g/mol. The van der Waals surface area contributed by atoms with Crippen molar-refractivity contribution in [2.75, 3.05) is 13.2 Å². The Morgan fingerprint density at radius 1 is 1.38 bits per heavy atom. The zero-order chi connectivity index (χ0) is 15.1. The summed E-state index contributed by atoms with van der Waals surface area (Å²) in [6.45, 7) is 3.10. The Hall–Kier alpha value is -1.56. The molecular weight excluding hydrogens is 292 g/mol. The van der Waals surface area contributed by atoms with Crippen LogP contribution < -0.4 is 10.1 Å². The Labute approximate surface area is 128 Å². The van der Waals surface area contributed by atoms with Crippen molar-refractivity contribution in [3.05, 3.63) is 47.1 Å². The van der Waals surface area contributed by atoms with Gasteiger partial charge in [0.05, 0.1) is 12.7 Å². The molecule has 0 amide bonds. The molecule has 1 aromatic carbocycles. The van der Waals surface area contributed by atoms with Gasteiger partial charge in [0.25, 0.3) is 0 Å². The highest BCUT2D eigenvalue weighted by atomic mass is 35.5. The van der Waals surface area contributed by atoms with E-state index >= 15 is 0 Å².